The van der Waals surface area contributed by atoms with Crippen LogP contribution >= 0.6 is 0 Å². The second-order valence-electron chi connectivity index (χ2n) is 6.70. The number of rotatable bonds is 0. The molecule has 1 aromatic heterocycles. The second kappa shape index (κ2) is 6.62. The molecular formula is C26H18O. The molecule has 0 unspecified atom stereocenters. The SMILES string of the molecule is c1ccc2cc3cc4ccccc4cc3cc2c1.c1ccc2occc2c1. The zero-order chi connectivity index (χ0) is 18.1. The largest absolute Gasteiger partial charge is 0.464 e. The summed E-state index contributed by atoms with van der Waals surface area (Å²) in [6.45, 7) is 0. The van der Waals surface area contributed by atoms with Gasteiger partial charge in [0, 0.05) is 5.39 Å². The topological polar surface area (TPSA) is 13.1 Å². The van der Waals surface area contributed by atoms with E-state index in [9.17, 15) is 0 Å². The molecule has 0 radical (unpaired) electrons. The first-order valence-electron chi connectivity index (χ1n) is 9.10. The molecule has 0 amide bonds. The smallest absolute Gasteiger partial charge is 0.133 e. The number of furan rings is 1. The van der Waals surface area contributed by atoms with Gasteiger partial charge in [0.1, 0.15) is 5.58 Å². The molecule has 0 aliphatic rings. The minimum Gasteiger partial charge on any atom is -0.464 e. The Morgan fingerprint density at radius 2 is 0.778 bits per heavy atom. The molecule has 6 rings (SSSR count). The lowest BCUT2D eigenvalue weighted by Crippen LogP contribution is -1.78. The van der Waals surface area contributed by atoms with Crippen molar-refractivity contribution in [1.29, 1.82) is 0 Å². The van der Waals surface area contributed by atoms with E-state index >= 15 is 0 Å². The van der Waals surface area contributed by atoms with Gasteiger partial charge in [-0.05, 0) is 68.7 Å². The molecule has 0 fully saturated rings. The van der Waals surface area contributed by atoms with Gasteiger partial charge in [0.05, 0.1) is 6.26 Å². The Morgan fingerprint density at radius 1 is 0.370 bits per heavy atom. The molecule has 1 nitrogen and oxygen atoms in total. The Labute approximate surface area is 157 Å². The average Bonchev–Trinajstić information content (AvgIpc) is 3.20. The molecule has 0 bridgehead atoms. The van der Waals surface area contributed by atoms with E-state index in [1.807, 2.05) is 30.3 Å². The van der Waals surface area contributed by atoms with E-state index in [4.69, 9.17) is 4.42 Å². The first-order chi connectivity index (χ1) is 13.4. The van der Waals surface area contributed by atoms with Crippen LogP contribution in [0.4, 0.5) is 0 Å². The number of hydrogen-bond acceptors (Lipinski definition) is 1. The molecule has 27 heavy (non-hydrogen) atoms. The molecule has 0 aliphatic heterocycles. The molecule has 128 valence electrons. The van der Waals surface area contributed by atoms with Crippen LogP contribution in [0, 0.1) is 0 Å². The van der Waals surface area contributed by atoms with E-state index in [-0.39, 0.29) is 0 Å². The van der Waals surface area contributed by atoms with E-state index < -0.39 is 0 Å². The molecule has 0 N–H and O–H groups in total. The Bertz CT molecular complexity index is 1200. The van der Waals surface area contributed by atoms with Crippen molar-refractivity contribution in [2.24, 2.45) is 0 Å². The van der Waals surface area contributed by atoms with E-state index in [1.165, 1.54) is 32.3 Å². The van der Waals surface area contributed by atoms with Gasteiger partial charge in [-0.3, -0.25) is 0 Å². The predicted molar refractivity (Wildman–Crippen MR) is 115 cm³/mol. The monoisotopic (exact) mass is 346 g/mol. The van der Waals surface area contributed by atoms with Crippen molar-refractivity contribution < 1.29 is 4.42 Å². The lowest BCUT2D eigenvalue weighted by atomic mass is 10.00. The maximum absolute atomic E-state index is 5.12. The lowest BCUT2D eigenvalue weighted by Gasteiger charge is -2.04. The Hall–Kier alpha value is -3.58. The van der Waals surface area contributed by atoms with Crippen LogP contribution in [0.1, 0.15) is 0 Å². The summed E-state index contributed by atoms with van der Waals surface area (Å²) in [7, 11) is 0. The summed E-state index contributed by atoms with van der Waals surface area (Å²) in [5.74, 6) is 0. The highest BCUT2D eigenvalue weighted by Gasteiger charge is 2.00. The summed E-state index contributed by atoms with van der Waals surface area (Å²) in [6, 6.07) is 36.0. The highest BCUT2D eigenvalue weighted by atomic mass is 16.3. The van der Waals surface area contributed by atoms with Gasteiger partial charge in [0.2, 0.25) is 0 Å². The van der Waals surface area contributed by atoms with E-state index in [0.717, 1.165) is 11.0 Å². The maximum atomic E-state index is 5.12. The van der Waals surface area contributed by atoms with Crippen molar-refractivity contribution >= 4 is 43.3 Å². The van der Waals surface area contributed by atoms with Crippen molar-refractivity contribution in [3.05, 3.63) is 109 Å². The highest BCUT2D eigenvalue weighted by molar-refractivity contribution is 6.04. The van der Waals surface area contributed by atoms with Gasteiger partial charge in [-0.2, -0.15) is 0 Å². The molecule has 0 spiro atoms. The highest BCUT2D eigenvalue weighted by Crippen LogP contribution is 2.27. The average molecular weight is 346 g/mol. The van der Waals surface area contributed by atoms with Crippen LogP contribution in [-0.4, -0.2) is 0 Å². The zero-order valence-corrected chi connectivity index (χ0v) is 14.8. The van der Waals surface area contributed by atoms with Gasteiger partial charge in [0.15, 0.2) is 0 Å². The second-order valence-corrected chi connectivity index (χ2v) is 6.70. The Balaban J connectivity index is 0.000000149. The standard InChI is InChI=1S/C18H12.C8H6O/c1-2-6-14-10-18-12-16-8-4-3-7-15(16)11-17(18)9-13(14)5-1;1-2-4-8-7(3-1)5-6-9-8/h1-12H;1-6H. The van der Waals surface area contributed by atoms with Crippen molar-refractivity contribution in [3.8, 4) is 0 Å². The van der Waals surface area contributed by atoms with E-state index in [2.05, 4.69) is 72.8 Å². The van der Waals surface area contributed by atoms with E-state index in [1.54, 1.807) is 6.26 Å². The van der Waals surface area contributed by atoms with Gasteiger partial charge >= 0.3 is 0 Å². The van der Waals surface area contributed by atoms with Crippen LogP contribution in [0.25, 0.3) is 43.3 Å². The van der Waals surface area contributed by atoms with Gasteiger partial charge in [0.25, 0.3) is 0 Å². The fourth-order valence-corrected chi connectivity index (χ4v) is 3.54. The van der Waals surface area contributed by atoms with Crippen LogP contribution in [0.2, 0.25) is 0 Å². The van der Waals surface area contributed by atoms with Gasteiger partial charge < -0.3 is 4.42 Å². The summed E-state index contributed by atoms with van der Waals surface area (Å²) in [4.78, 5) is 0. The van der Waals surface area contributed by atoms with Crippen LogP contribution in [0.5, 0.6) is 0 Å². The van der Waals surface area contributed by atoms with Gasteiger partial charge in [-0.15, -0.1) is 0 Å². The lowest BCUT2D eigenvalue weighted by molar-refractivity contribution is 0.616. The normalized spacial score (nSPS) is 11.0. The third-order valence-electron chi connectivity index (χ3n) is 4.93. The first-order valence-corrected chi connectivity index (χ1v) is 9.10. The molecule has 0 saturated carbocycles. The zero-order valence-electron chi connectivity index (χ0n) is 14.8. The molecule has 0 saturated heterocycles. The van der Waals surface area contributed by atoms with Gasteiger partial charge in [-0.1, -0.05) is 66.7 Å². The van der Waals surface area contributed by atoms with Crippen molar-refractivity contribution in [2.45, 2.75) is 0 Å². The van der Waals surface area contributed by atoms with E-state index in [0.29, 0.717) is 0 Å². The fourth-order valence-electron chi connectivity index (χ4n) is 3.54. The third-order valence-corrected chi connectivity index (χ3v) is 4.93. The molecule has 6 aromatic rings. The van der Waals surface area contributed by atoms with Crippen molar-refractivity contribution in [1.82, 2.24) is 0 Å². The van der Waals surface area contributed by atoms with Crippen LogP contribution < -0.4 is 0 Å². The summed E-state index contributed by atoms with van der Waals surface area (Å²) in [5.41, 5.74) is 0.956. The summed E-state index contributed by atoms with van der Waals surface area (Å²) in [5, 5.41) is 9.01. The van der Waals surface area contributed by atoms with Crippen LogP contribution in [0.15, 0.2) is 114 Å². The molecule has 1 heterocycles. The van der Waals surface area contributed by atoms with Crippen LogP contribution in [0.3, 0.4) is 0 Å². The fraction of sp³-hybridized carbons (Fsp3) is 0. The van der Waals surface area contributed by atoms with Crippen LogP contribution in [-0.2, 0) is 0 Å². The number of fused-ring (bicyclic) bond motifs is 4. The van der Waals surface area contributed by atoms with Crippen molar-refractivity contribution in [2.75, 3.05) is 0 Å². The number of hydrogen-bond donors (Lipinski definition) is 0. The molecule has 0 aliphatic carbocycles. The predicted octanol–water partition coefficient (Wildman–Crippen LogP) is 7.58. The minimum atomic E-state index is 0.956. The summed E-state index contributed by atoms with van der Waals surface area (Å²) >= 11 is 0. The maximum Gasteiger partial charge on any atom is 0.133 e. The quantitative estimate of drug-likeness (QED) is 0.258. The molecular weight excluding hydrogens is 328 g/mol. The third kappa shape index (κ3) is 3.04. The first kappa shape index (κ1) is 15.7. The summed E-state index contributed by atoms with van der Waals surface area (Å²) in [6.07, 6.45) is 1.70. The molecule has 0 atom stereocenters. The van der Waals surface area contributed by atoms with Gasteiger partial charge in [-0.25, -0.2) is 0 Å². The number of para-hydroxylation sites is 1. The Kier molecular flexibility index (Phi) is 3.84. The Morgan fingerprint density at radius 3 is 1.22 bits per heavy atom. The molecule has 1 heteroatoms. The van der Waals surface area contributed by atoms with Crippen molar-refractivity contribution in [3.63, 3.8) is 0 Å². The molecule has 5 aromatic carbocycles. The summed E-state index contributed by atoms with van der Waals surface area (Å²) < 4.78 is 5.12. The number of benzene rings is 5. The minimum absolute atomic E-state index is 0.956.